The molecule has 1 fully saturated rings. The number of piperidine rings is 1. The molecule has 0 radical (unpaired) electrons. The molecule has 1 aliphatic heterocycles. The maximum atomic E-state index is 10.2. The van der Waals surface area contributed by atoms with Crippen molar-refractivity contribution in [3.05, 3.63) is 0 Å². The number of carboxylic acids is 1. The molecule has 2 atom stereocenters. The Bertz CT molecular complexity index is 142. The van der Waals surface area contributed by atoms with Crippen LogP contribution in [-0.2, 0) is 4.79 Å². The molecule has 1 rings (SSSR count). The molecule has 2 N–H and O–H groups in total. The Kier molecular flexibility index (Phi) is 5.29. The Morgan fingerprint density at radius 1 is 1.55 bits per heavy atom. The fourth-order valence-corrected chi connectivity index (χ4v) is 1.10. The van der Waals surface area contributed by atoms with E-state index in [0.717, 1.165) is 0 Å². The first-order valence-corrected chi connectivity index (χ1v) is 3.30. The van der Waals surface area contributed by atoms with Gasteiger partial charge in [0, 0.05) is 25.0 Å². The largest absolute Gasteiger partial charge is 1.00 e. The minimum atomic E-state index is -1.08. The second-order valence-corrected chi connectivity index (χ2v) is 2.56. The first-order valence-electron chi connectivity index (χ1n) is 3.30. The maximum absolute atomic E-state index is 10.2. The molecule has 0 amide bonds. The Hall–Kier alpha value is 0.390. The molecular weight excluding hydrogens is 157 g/mol. The number of aliphatic hydroxyl groups is 1. The standard InChI is InChI=1S/C6H11NO3.Na/c8-5-1-4(6(9)10)2-7-3-5;/h4-5,7-8H,1-3H2,(H,9,10);/q;+1/p-1. The molecule has 0 spiro atoms. The molecule has 5 heteroatoms. The normalized spacial score (nSPS) is 30.6. The summed E-state index contributed by atoms with van der Waals surface area (Å²) in [5.41, 5.74) is 0. The predicted molar refractivity (Wildman–Crippen MR) is 32.0 cm³/mol. The van der Waals surface area contributed by atoms with Crippen molar-refractivity contribution >= 4 is 5.97 Å². The molecular formula is C6H10NNaO3. The van der Waals surface area contributed by atoms with Gasteiger partial charge in [0.25, 0.3) is 0 Å². The van der Waals surface area contributed by atoms with E-state index in [2.05, 4.69) is 5.32 Å². The van der Waals surface area contributed by atoms with E-state index in [-0.39, 0.29) is 29.6 Å². The number of carboxylic acid groups (broad SMARTS) is 1. The minimum absolute atomic E-state index is 0. The van der Waals surface area contributed by atoms with Crippen LogP contribution in [0.25, 0.3) is 0 Å². The van der Waals surface area contributed by atoms with Gasteiger partial charge in [0.2, 0.25) is 0 Å². The summed E-state index contributed by atoms with van der Waals surface area (Å²) >= 11 is 0. The van der Waals surface area contributed by atoms with Crippen LogP contribution in [0.5, 0.6) is 0 Å². The van der Waals surface area contributed by atoms with Crippen molar-refractivity contribution in [2.45, 2.75) is 12.5 Å². The Morgan fingerprint density at radius 3 is 2.55 bits per heavy atom. The van der Waals surface area contributed by atoms with Gasteiger partial charge in [-0.05, 0) is 6.42 Å². The number of rotatable bonds is 1. The summed E-state index contributed by atoms with van der Waals surface area (Å²) in [6, 6.07) is 0. The summed E-state index contributed by atoms with van der Waals surface area (Å²) in [7, 11) is 0. The van der Waals surface area contributed by atoms with Crippen LogP contribution < -0.4 is 40.0 Å². The third-order valence-electron chi connectivity index (χ3n) is 1.66. The minimum Gasteiger partial charge on any atom is -0.550 e. The molecule has 2 unspecified atom stereocenters. The zero-order valence-corrected chi connectivity index (χ0v) is 8.54. The zero-order valence-electron chi connectivity index (χ0n) is 6.54. The number of aliphatic hydroxyl groups excluding tert-OH is 1. The number of aliphatic carboxylic acids is 1. The topological polar surface area (TPSA) is 72.4 Å². The monoisotopic (exact) mass is 167 g/mol. The third kappa shape index (κ3) is 3.53. The second-order valence-electron chi connectivity index (χ2n) is 2.56. The number of hydrogen-bond donors (Lipinski definition) is 2. The van der Waals surface area contributed by atoms with E-state index in [1.807, 2.05) is 0 Å². The zero-order chi connectivity index (χ0) is 7.56. The molecule has 58 valence electrons. The second kappa shape index (κ2) is 5.11. The van der Waals surface area contributed by atoms with Gasteiger partial charge in [-0.15, -0.1) is 0 Å². The summed E-state index contributed by atoms with van der Waals surface area (Å²) < 4.78 is 0. The van der Waals surface area contributed by atoms with Crippen molar-refractivity contribution in [2.75, 3.05) is 13.1 Å². The average molecular weight is 167 g/mol. The predicted octanol–water partition coefficient (Wildman–Crippen LogP) is -5.29. The van der Waals surface area contributed by atoms with E-state index in [0.29, 0.717) is 19.5 Å². The Labute approximate surface area is 87.3 Å². The van der Waals surface area contributed by atoms with Gasteiger partial charge >= 0.3 is 29.6 Å². The molecule has 0 aromatic carbocycles. The van der Waals surface area contributed by atoms with Gasteiger partial charge in [0.1, 0.15) is 0 Å². The summed E-state index contributed by atoms with van der Waals surface area (Å²) in [4.78, 5) is 10.2. The number of carbonyl (C=O) groups excluding carboxylic acids is 1. The molecule has 0 aromatic rings. The van der Waals surface area contributed by atoms with E-state index >= 15 is 0 Å². The van der Waals surface area contributed by atoms with Gasteiger partial charge in [-0.25, -0.2) is 0 Å². The molecule has 0 aliphatic carbocycles. The maximum Gasteiger partial charge on any atom is 1.00 e. The smallest absolute Gasteiger partial charge is 0.550 e. The summed E-state index contributed by atoms with van der Waals surface area (Å²) in [5, 5.41) is 22.0. The van der Waals surface area contributed by atoms with Crippen molar-refractivity contribution in [3.8, 4) is 0 Å². The Morgan fingerprint density at radius 2 is 2.18 bits per heavy atom. The van der Waals surface area contributed by atoms with Crippen LogP contribution in [0.1, 0.15) is 6.42 Å². The molecule has 0 bridgehead atoms. The van der Waals surface area contributed by atoms with Crippen LogP contribution in [0.15, 0.2) is 0 Å². The third-order valence-corrected chi connectivity index (χ3v) is 1.66. The van der Waals surface area contributed by atoms with Crippen molar-refractivity contribution in [1.29, 1.82) is 0 Å². The van der Waals surface area contributed by atoms with Crippen molar-refractivity contribution < 1.29 is 44.6 Å². The van der Waals surface area contributed by atoms with Gasteiger partial charge in [0.15, 0.2) is 0 Å². The summed E-state index contributed by atoms with van der Waals surface area (Å²) in [5.74, 6) is -1.60. The fraction of sp³-hybridized carbons (Fsp3) is 0.833. The molecule has 1 aliphatic rings. The van der Waals surface area contributed by atoms with Crippen LogP contribution in [0, 0.1) is 5.92 Å². The summed E-state index contributed by atoms with van der Waals surface area (Å²) in [6.45, 7) is 0.906. The first kappa shape index (κ1) is 11.4. The van der Waals surface area contributed by atoms with Crippen LogP contribution in [-0.4, -0.2) is 30.3 Å². The molecule has 4 nitrogen and oxygen atoms in total. The number of β-amino-alcohol motifs (C(OH)–C–C–N with tert-alkyl or cyclic N) is 1. The molecule has 0 saturated carbocycles. The fourth-order valence-electron chi connectivity index (χ4n) is 1.10. The van der Waals surface area contributed by atoms with Crippen LogP contribution in [0.3, 0.4) is 0 Å². The van der Waals surface area contributed by atoms with Crippen LogP contribution in [0.2, 0.25) is 0 Å². The quantitative estimate of drug-likeness (QED) is 0.383. The van der Waals surface area contributed by atoms with Crippen molar-refractivity contribution in [1.82, 2.24) is 5.32 Å². The summed E-state index contributed by atoms with van der Waals surface area (Å²) in [6.07, 6.45) is -0.216. The molecule has 11 heavy (non-hydrogen) atoms. The van der Waals surface area contributed by atoms with E-state index in [4.69, 9.17) is 5.11 Å². The average Bonchev–Trinajstić information content (AvgIpc) is 1.88. The van der Waals surface area contributed by atoms with E-state index in [1.54, 1.807) is 0 Å². The van der Waals surface area contributed by atoms with E-state index in [9.17, 15) is 9.90 Å². The van der Waals surface area contributed by atoms with Gasteiger partial charge in [0.05, 0.1) is 6.10 Å². The van der Waals surface area contributed by atoms with Gasteiger partial charge in [-0.1, -0.05) is 0 Å². The molecule has 1 heterocycles. The number of hydrogen-bond acceptors (Lipinski definition) is 4. The van der Waals surface area contributed by atoms with Crippen molar-refractivity contribution in [2.24, 2.45) is 5.92 Å². The van der Waals surface area contributed by atoms with Gasteiger partial charge < -0.3 is 20.3 Å². The van der Waals surface area contributed by atoms with Crippen LogP contribution in [0.4, 0.5) is 0 Å². The van der Waals surface area contributed by atoms with Gasteiger partial charge in [-0.3, -0.25) is 0 Å². The molecule has 0 aromatic heterocycles. The van der Waals surface area contributed by atoms with Crippen LogP contribution >= 0.6 is 0 Å². The number of carbonyl (C=O) groups is 1. The first-order chi connectivity index (χ1) is 4.70. The van der Waals surface area contributed by atoms with Gasteiger partial charge in [-0.2, -0.15) is 0 Å². The Balaban J connectivity index is 0.000001000. The van der Waals surface area contributed by atoms with E-state index < -0.39 is 18.0 Å². The van der Waals surface area contributed by atoms with Crippen molar-refractivity contribution in [3.63, 3.8) is 0 Å². The number of nitrogens with one attached hydrogen (secondary N) is 1. The molecule has 1 saturated heterocycles. The van der Waals surface area contributed by atoms with E-state index in [1.165, 1.54) is 0 Å². The SMILES string of the molecule is O=C([O-])C1CNCC(O)C1.[Na+].